The third-order valence-corrected chi connectivity index (χ3v) is 6.90. The molecule has 0 radical (unpaired) electrons. The Kier molecular flexibility index (Phi) is 5.26. The number of carbonyl (C=O) groups excluding carboxylic acids is 2. The normalized spacial score (nSPS) is 18.3. The SMILES string of the molecule is O=C(Nc1ccccc1)N1CCC2(CC1)SCCN2C(=O)c1cccc(F)c1. The highest BCUT2D eigenvalue weighted by atomic mass is 32.2. The molecule has 0 atom stereocenters. The van der Waals surface area contributed by atoms with E-state index in [-0.39, 0.29) is 16.8 Å². The van der Waals surface area contributed by atoms with Crippen LogP contribution in [0, 0.1) is 5.82 Å². The van der Waals surface area contributed by atoms with E-state index in [1.165, 1.54) is 12.1 Å². The lowest BCUT2D eigenvalue weighted by Crippen LogP contribution is -2.54. The van der Waals surface area contributed by atoms with Crippen molar-refractivity contribution in [3.05, 3.63) is 66.0 Å². The van der Waals surface area contributed by atoms with Crippen LogP contribution in [0.25, 0.3) is 0 Å². The molecule has 2 saturated heterocycles. The summed E-state index contributed by atoms with van der Waals surface area (Å²) in [4.78, 5) is 28.9. The highest BCUT2D eigenvalue weighted by Gasteiger charge is 2.47. The van der Waals surface area contributed by atoms with E-state index in [0.29, 0.717) is 38.0 Å². The van der Waals surface area contributed by atoms with E-state index in [9.17, 15) is 14.0 Å². The fraction of sp³-hybridized carbons (Fsp3) is 0.333. The molecule has 2 aliphatic rings. The Morgan fingerprint density at radius 2 is 1.75 bits per heavy atom. The van der Waals surface area contributed by atoms with Gasteiger partial charge in [-0.15, -0.1) is 11.8 Å². The van der Waals surface area contributed by atoms with Crippen LogP contribution in [0.5, 0.6) is 0 Å². The molecule has 2 heterocycles. The third-order valence-electron chi connectivity index (χ3n) is 5.35. The second-order valence-corrected chi connectivity index (χ2v) is 8.50. The number of hydrogen-bond acceptors (Lipinski definition) is 3. The maximum Gasteiger partial charge on any atom is 0.321 e. The molecule has 2 aromatic rings. The number of halogens is 1. The Hall–Kier alpha value is -2.54. The zero-order chi connectivity index (χ0) is 19.6. The van der Waals surface area contributed by atoms with Gasteiger partial charge in [0, 0.05) is 36.6 Å². The van der Waals surface area contributed by atoms with Crippen molar-refractivity contribution in [1.29, 1.82) is 0 Å². The standard InChI is InChI=1S/C21H22FN3O2S/c22-17-6-4-5-16(15-17)19(26)25-13-14-28-21(25)9-11-24(12-10-21)20(27)23-18-7-2-1-3-8-18/h1-8,15H,9-14H2,(H,23,27). The van der Waals surface area contributed by atoms with Gasteiger partial charge in [-0.2, -0.15) is 0 Å². The monoisotopic (exact) mass is 399 g/mol. The molecule has 0 aromatic heterocycles. The molecule has 4 rings (SSSR count). The van der Waals surface area contributed by atoms with E-state index >= 15 is 0 Å². The highest BCUT2D eigenvalue weighted by molar-refractivity contribution is 8.00. The molecule has 146 valence electrons. The summed E-state index contributed by atoms with van der Waals surface area (Å²) < 4.78 is 13.5. The van der Waals surface area contributed by atoms with Gasteiger partial charge >= 0.3 is 6.03 Å². The van der Waals surface area contributed by atoms with E-state index in [2.05, 4.69) is 5.32 Å². The number of para-hydroxylation sites is 1. The Balaban J connectivity index is 1.42. The van der Waals surface area contributed by atoms with Crippen molar-refractivity contribution in [2.45, 2.75) is 17.7 Å². The first kappa shape index (κ1) is 18.8. The molecule has 2 fully saturated rings. The van der Waals surface area contributed by atoms with Gasteiger partial charge in [0.05, 0.1) is 4.87 Å². The van der Waals surface area contributed by atoms with Crippen molar-refractivity contribution in [1.82, 2.24) is 9.80 Å². The summed E-state index contributed by atoms with van der Waals surface area (Å²) in [6, 6.07) is 15.1. The number of rotatable bonds is 2. The first-order valence-electron chi connectivity index (χ1n) is 9.40. The van der Waals surface area contributed by atoms with Gasteiger partial charge in [0.1, 0.15) is 5.82 Å². The zero-order valence-corrected chi connectivity index (χ0v) is 16.3. The average Bonchev–Trinajstić information content (AvgIpc) is 3.11. The van der Waals surface area contributed by atoms with Crippen molar-refractivity contribution in [3.63, 3.8) is 0 Å². The number of hydrogen-bond donors (Lipinski definition) is 1. The van der Waals surface area contributed by atoms with Gasteiger partial charge in [-0.3, -0.25) is 4.79 Å². The predicted octanol–water partition coefficient (Wildman–Crippen LogP) is 4.04. The van der Waals surface area contributed by atoms with Crippen LogP contribution in [-0.4, -0.2) is 52.0 Å². The fourth-order valence-corrected chi connectivity index (χ4v) is 5.33. The van der Waals surface area contributed by atoms with Crippen LogP contribution in [0.1, 0.15) is 23.2 Å². The molecule has 0 bridgehead atoms. The lowest BCUT2D eigenvalue weighted by atomic mass is 10.0. The van der Waals surface area contributed by atoms with Gasteiger partial charge in [-0.1, -0.05) is 24.3 Å². The number of urea groups is 1. The quantitative estimate of drug-likeness (QED) is 0.829. The molecule has 0 aliphatic carbocycles. The van der Waals surface area contributed by atoms with Crippen LogP contribution < -0.4 is 5.32 Å². The number of anilines is 1. The second-order valence-electron chi connectivity index (χ2n) is 7.05. The highest BCUT2D eigenvalue weighted by Crippen LogP contribution is 2.44. The van der Waals surface area contributed by atoms with Gasteiger partial charge in [0.25, 0.3) is 5.91 Å². The number of likely N-dealkylation sites (tertiary alicyclic amines) is 1. The van der Waals surface area contributed by atoms with Gasteiger partial charge in [0.15, 0.2) is 0 Å². The Morgan fingerprint density at radius 1 is 1.00 bits per heavy atom. The number of nitrogens with one attached hydrogen (secondary N) is 1. The lowest BCUT2D eigenvalue weighted by molar-refractivity contribution is 0.0585. The molecular weight excluding hydrogens is 377 g/mol. The molecule has 1 N–H and O–H groups in total. The predicted molar refractivity (Wildman–Crippen MR) is 109 cm³/mol. The summed E-state index contributed by atoms with van der Waals surface area (Å²) in [5, 5.41) is 2.91. The molecule has 0 saturated carbocycles. The van der Waals surface area contributed by atoms with Gasteiger partial charge in [-0.25, -0.2) is 9.18 Å². The minimum Gasteiger partial charge on any atom is -0.324 e. The van der Waals surface area contributed by atoms with E-state index in [1.807, 2.05) is 35.2 Å². The van der Waals surface area contributed by atoms with Gasteiger partial charge in [-0.05, 0) is 43.2 Å². The molecule has 0 unspecified atom stereocenters. The van der Waals surface area contributed by atoms with Gasteiger partial charge in [0.2, 0.25) is 0 Å². The molecule has 7 heteroatoms. The molecule has 2 aliphatic heterocycles. The number of thioether (sulfide) groups is 1. The van der Waals surface area contributed by atoms with E-state index in [4.69, 9.17) is 0 Å². The summed E-state index contributed by atoms with van der Waals surface area (Å²) in [7, 11) is 0. The summed E-state index contributed by atoms with van der Waals surface area (Å²) in [6.07, 6.45) is 1.42. The Morgan fingerprint density at radius 3 is 2.46 bits per heavy atom. The number of nitrogens with zero attached hydrogens (tertiary/aromatic N) is 2. The number of amides is 3. The van der Waals surface area contributed by atoms with E-state index < -0.39 is 5.82 Å². The molecule has 2 aromatic carbocycles. The van der Waals surface area contributed by atoms with Crippen molar-refractivity contribution in [2.24, 2.45) is 0 Å². The van der Waals surface area contributed by atoms with Crippen LogP contribution in [0.4, 0.5) is 14.9 Å². The minimum atomic E-state index is -0.404. The summed E-state index contributed by atoms with van der Waals surface area (Å²) in [5.74, 6) is 0.322. The molecule has 3 amide bonds. The van der Waals surface area contributed by atoms with Crippen LogP contribution in [-0.2, 0) is 0 Å². The van der Waals surface area contributed by atoms with Crippen molar-refractivity contribution >= 4 is 29.4 Å². The third kappa shape index (κ3) is 3.71. The fourth-order valence-electron chi connectivity index (χ4n) is 3.87. The number of benzene rings is 2. The van der Waals surface area contributed by atoms with Crippen LogP contribution in [0.2, 0.25) is 0 Å². The molecule has 5 nitrogen and oxygen atoms in total. The summed E-state index contributed by atoms with van der Waals surface area (Å²) in [5.41, 5.74) is 1.15. The lowest BCUT2D eigenvalue weighted by Gasteiger charge is -2.44. The van der Waals surface area contributed by atoms with E-state index in [1.54, 1.807) is 28.8 Å². The second kappa shape index (κ2) is 7.83. The largest absolute Gasteiger partial charge is 0.324 e. The first-order valence-corrected chi connectivity index (χ1v) is 10.4. The van der Waals surface area contributed by atoms with Crippen molar-refractivity contribution < 1.29 is 14.0 Å². The van der Waals surface area contributed by atoms with Gasteiger partial charge < -0.3 is 15.1 Å². The zero-order valence-electron chi connectivity index (χ0n) is 15.4. The summed E-state index contributed by atoms with van der Waals surface area (Å²) >= 11 is 1.77. The first-order chi connectivity index (χ1) is 13.6. The summed E-state index contributed by atoms with van der Waals surface area (Å²) in [6.45, 7) is 1.81. The van der Waals surface area contributed by atoms with E-state index in [0.717, 1.165) is 11.4 Å². The van der Waals surface area contributed by atoms with Crippen molar-refractivity contribution in [3.8, 4) is 0 Å². The number of carbonyl (C=O) groups is 2. The Bertz CT molecular complexity index is 869. The molecule has 28 heavy (non-hydrogen) atoms. The van der Waals surface area contributed by atoms with Crippen LogP contribution >= 0.6 is 11.8 Å². The minimum absolute atomic E-state index is 0.118. The molecular formula is C21H22FN3O2S. The van der Waals surface area contributed by atoms with Crippen LogP contribution in [0.3, 0.4) is 0 Å². The van der Waals surface area contributed by atoms with Crippen LogP contribution in [0.15, 0.2) is 54.6 Å². The molecule has 1 spiro atoms. The average molecular weight is 399 g/mol. The maximum absolute atomic E-state index is 13.5. The topological polar surface area (TPSA) is 52.7 Å². The van der Waals surface area contributed by atoms with Crippen molar-refractivity contribution in [2.75, 3.05) is 30.7 Å². The maximum atomic E-state index is 13.5. The Labute approximate surface area is 167 Å². The number of piperidine rings is 1. The smallest absolute Gasteiger partial charge is 0.321 e.